The molecule has 0 fully saturated rings. The van der Waals surface area contributed by atoms with E-state index in [1.54, 1.807) is 43.3 Å². The monoisotopic (exact) mass is 472 g/mol. The Hall–Kier alpha value is -2.12. The Labute approximate surface area is 187 Å². The van der Waals surface area contributed by atoms with E-state index in [9.17, 15) is 9.59 Å². The van der Waals surface area contributed by atoms with Gasteiger partial charge in [0.15, 0.2) is 0 Å². The molecule has 2 amide bonds. The van der Waals surface area contributed by atoms with Gasteiger partial charge < -0.3 is 0 Å². The van der Waals surface area contributed by atoms with Gasteiger partial charge in [0.05, 0.1) is 32.5 Å². The van der Waals surface area contributed by atoms with Crippen molar-refractivity contribution in [3.05, 3.63) is 67.6 Å². The quantitative estimate of drug-likeness (QED) is 0.339. The van der Waals surface area contributed by atoms with E-state index in [1.807, 2.05) is 0 Å². The van der Waals surface area contributed by atoms with Gasteiger partial charge in [0.1, 0.15) is 5.92 Å². The SMILES string of the molecule is CCC(C(=O)N/N=C/c1ccc(Cl)c(Cl)c1)C(=O)N/N=C/c1ccc(Cl)c(Cl)c1. The lowest BCUT2D eigenvalue weighted by molar-refractivity contribution is -0.135. The van der Waals surface area contributed by atoms with E-state index in [0.717, 1.165) is 0 Å². The second-order valence-corrected chi connectivity index (χ2v) is 7.41. The van der Waals surface area contributed by atoms with Crippen LogP contribution in [0.25, 0.3) is 0 Å². The zero-order valence-electron chi connectivity index (χ0n) is 15.1. The number of amides is 2. The summed E-state index contributed by atoms with van der Waals surface area (Å²) in [6.07, 6.45) is 3.06. The lowest BCUT2D eigenvalue weighted by Gasteiger charge is -2.10. The molecule has 0 saturated carbocycles. The average Bonchev–Trinajstić information content (AvgIpc) is 2.68. The minimum atomic E-state index is -0.966. The predicted octanol–water partition coefficient (Wildman–Crippen LogP) is 4.93. The molecule has 0 heterocycles. The fourth-order valence-corrected chi connectivity index (χ4v) is 2.78. The summed E-state index contributed by atoms with van der Waals surface area (Å²) in [6, 6.07) is 9.79. The fraction of sp³-hybridized carbons (Fsp3) is 0.158. The van der Waals surface area contributed by atoms with Crippen LogP contribution in [-0.2, 0) is 9.59 Å². The Morgan fingerprint density at radius 3 is 1.59 bits per heavy atom. The maximum Gasteiger partial charge on any atom is 0.252 e. The molecule has 2 aromatic rings. The number of hydrogen-bond donors (Lipinski definition) is 2. The fourth-order valence-electron chi connectivity index (χ4n) is 2.17. The van der Waals surface area contributed by atoms with Crippen LogP contribution in [-0.4, -0.2) is 24.2 Å². The number of hydrazone groups is 2. The summed E-state index contributed by atoms with van der Waals surface area (Å²) in [5.74, 6) is -2.09. The molecule has 0 saturated heterocycles. The van der Waals surface area contributed by atoms with Crippen molar-refractivity contribution in [2.45, 2.75) is 13.3 Å². The first-order valence-electron chi connectivity index (χ1n) is 8.37. The molecule has 0 aliphatic rings. The van der Waals surface area contributed by atoms with Gasteiger partial charge in [-0.1, -0.05) is 65.5 Å². The molecule has 0 aromatic heterocycles. The highest BCUT2D eigenvalue weighted by Gasteiger charge is 2.24. The van der Waals surface area contributed by atoms with Gasteiger partial charge in [-0.15, -0.1) is 0 Å². The predicted molar refractivity (Wildman–Crippen MR) is 118 cm³/mol. The lowest BCUT2D eigenvalue weighted by atomic mass is 10.1. The van der Waals surface area contributed by atoms with Crippen LogP contribution < -0.4 is 10.9 Å². The summed E-state index contributed by atoms with van der Waals surface area (Å²) in [5.41, 5.74) is 5.94. The van der Waals surface area contributed by atoms with Crippen molar-refractivity contribution < 1.29 is 9.59 Å². The summed E-state index contributed by atoms with van der Waals surface area (Å²) in [7, 11) is 0. The van der Waals surface area contributed by atoms with E-state index in [4.69, 9.17) is 46.4 Å². The van der Waals surface area contributed by atoms with Crippen molar-refractivity contribution >= 4 is 70.6 Å². The van der Waals surface area contributed by atoms with E-state index in [0.29, 0.717) is 31.2 Å². The van der Waals surface area contributed by atoms with Crippen LogP contribution in [0.5, 0.6) is 0 Å². The number of rotatable bonds is 7. The Balaban J connectivity index is 1.92. The van der Waals surface area contributed by atoms with Crippen LogP contribution in [0.4, 0.5) is 0 Å². The Morgan fingerprint density at radius 2 is 1.24 bits per heavy atom. The highest BCUT2D eigenvalue weighted by Crippen LogP contribution is 2.22. The van der Waals surface area contributed by atoms with Crippen LogP contribution in [0.2, 0.25) is 20.1 Å². The highest BCUT2D eigenvalue weighted by atomic mass is 35.5. The minimum absolute atomic E-state index is 0.266. The molecule has 2 rings (SSSR count). The molecule has 0 spiro atoms. The van der Waals surface area contributed by atoms with Crippen molar-refractivity contribution in [3.8, 4) is 0 Å². The third-order valence-electron chi connectivity index (χ3n) is 3.71. The van der Waals surface area contributed by atoms with E-state index in [2.05, 4.69) is 21.1 Å². The average molecular weight is 474 g/mol. The van der Waals surface area contributed by atoms with Crippen molar-refractivity contribution in [3.63, 3.8) is 0 Å². The zero-order valence-corrected chi connectivity index (χ0v) is 18.1. The summed E-state index contributed by atoms with van der Waals surface area (Å²) in [5, 5.41) is 9.24. The molecule has 2 aromatic carbocycles. The summed E-state index contributed by atoms with van der Waals surface area (Å²) >= 11 is 23.5. The molecular formula is C19H16Cl4N4O2. The van der Waals surface area contributed by atoms with Gasteiger partial charge >= 0.3 is 0 Å². The van der Waals surface area contributed by atoms with E-state index < -0.39 is 17.7 Å². The standard InChI is InChI=1S/C19H16Cl4N4O2/c1-2-13(18(28)26-24-9-11-3-5-14(20)16(22)7-11)19(29)27-25-10-12-4-6-15(21)17(23)8-12/h3-10,13H,2H2,1H3,(H,26,28)(H,27,29)/b24-9+,25-10+. The summed E-state index contributed by atoms with van der Waals surface area (Å²) < 4.78 is 0. The first kappa shape index (κ1) is 23.2. The molecule has 2 N–H and O–H groups in total. The van der Waals surface area contributed by atoms with E-state index in [-0.39, 0.29) is 6.42 Å². The second-order valence-electron chi connectivity index (χ2n) is 5.78. The molecule has 0 unspecified atom stereocenters. The third kappa shape index (κ3) is 7.01. The molecule has 0 bridgehead atoms. The normalized spacial score (nSPS) is 11.4. The van der Waals surface area contributed by atoms with Crippen LogP contribution >= 0.6 is 46.4 Å². The lowest BCUT2D eigenvalue weighted by Crippen LogP contribution is -2.37. The molecule has 0 aliphatic carbocycles. The van der Waals surface area contributed by atoms with Crippen molar-refractivity contribution in [2.24, 2.45) is 16.1 Å². The minimum Gasteiger partial charge on any atom is -0.272 e. The van der Waals surface area contributed by atoms with Gasteiger partial charge in [-0.25, -0.2) is 10.9 Å². The number of carbonyl (C=O) groups excluding carboxylic acids is 2. The second kappa shape index (κ2) is 11.2. The molecule has 6 nitrogen and oxygen atoms in total. The number of halogens is 4. The Bertz CT molecular complexity index is 888. The van der Waals surface area contributed by atoms with Crippen molar-refractivity contribution in [1.82, 2.24) is 10.9 Å². The molecule has 0 aliphatic heterocycles. The van der Waals surface area contributed by atoms with Gasteiger partial charge in [-0.2, -0.15) is 10.2 Å². The van der Waals surface area contributed by atoms with Gasteiger partial charge in [-0.05, 0) is 41.8 Å². The number of nitrogens with one attached hydrogen (secondary N) is 2. The molecular weight excluding hydrogens is 458 g/mol. The number of nitrogens with zero attached hydrogens (tertiary/aromatic N) is 2. The van der Waals surface area contributed by atoms with E-state index >= 15 is 0 Å². The molecule has 10 heteroatoms. The van der Waals surface area contributed by atoms with Crippen LogP contribution in [0.15, 0.2) is 46.6 Å². The maximum absolute atomic E-state index is 12.2. The molecule has 0 radical (unpaired) electrons. The Morgan fingerprint density at radius 1 is 0.828 bits per heavy atom. The van der Waals surface area contributed by atoms with Crippen LogP contribution in [0.3, 0.4) is 0 Å². The molecule has 29 heavy (non-hydrogen) atoms. The number of hydrogen-bond acceptors (Lipinski definition) is 4. The highest BCUT2D eigenvalue weighted by molar-refractivity contribution is 6.42. The zero-order chi connectivity index (χ0) is 21.4. The number of carbonyl (C=O) groups is 2. The van der Waals surface area contributed by atoms with Gasteiger partial charge in [0, 0.05) is 0 Å². The number of benzene rings is 2. The topological polar surface area (TPSA) is 82.9 Å². The van der Waals surface area contributed by atoms with Gasteiger partial charge in [0.25, 0.3) is 11.8 Å². The maximum atomic E-state index is 12.2. The van der Waals surface area contributed by atoms with Crippen molar-refractivity contribution in [1.29, 1.82) is 0 Å². The molecule has 152 valence electrons. The van der Waals surface area contributed by atoms with Crippen LogP contribution in [0, 0.1) is 5.92 Å². The Kier molecular flexibility index (Phi) is 8.92. The first-order chi connectivity index (χ1) is 13.8. The van der Waals surface area contributed by atoms with Gasteiger partial charge in [0.2, 0.25) is 0 Å². The molecule has 0 atom stereocenters. The smallest absolute Gasteiger partial charge is 0.252 e. The third-order valence-corrected chi connectivity index (χ3v) is 5.18. The van der Waals surface area contributed by atoms with Crippen molar-refractivity contribution in [2.75, 3.05) is 0 Å². The van der Waals surface area contributed by atoms with Crippen LogP contribution in [0.1, 0.15) is 24.5 Å². The van der Waals surface area contributed by atoms with E-state index in [1.165, 1.54) is 12.4 Å². The summed E-state index contributed by atoms with van der Waals surface area (Å²) in [4.78, 5) is 24.5. The summed E-state index contributed by atoms with van der Waals surface area (Å²) in [6.45, 7) is 1.70. The largest absolute Gasteiger partial charge is 0.272 e. The van der Waals surface area contributed by atoms with Gasteiger partial charge in [-0.3, -0.25) is 9.59 Å². The first-order valence-corrected chi connectivity index (χ1v) is 9.89.